The molecule has 1 unspecified atom stereocenters. The Morgan fingerprint density at radius 1 is 1.47 bits per heavy atom. The molecular formula is C10H11ClN2OS. The Morgan fingerprint density at radius 2 is 2.27 bits per heavy atom. The van der Waals surface area contributed by atoms with Gasteiger partial charge in [0, 0.05) is 4.88 Å². The van der Waals surface area contributed by atoms with E-state index in [-0.39, 0.29) is 6.04 Å². The Labute approximate surface area is 96.8 Å². The van der Waals surface area contributed by atoms with Crippen LogP contribution in [0.25, 0.3) is 0 Å². The van der Waals surface area contributed by atoms with E-state index in [1.54, 1.807) is 6.26 Å². The maximum Gasteiger partial charge on any atom is 0.130 e. The van der Waals surface area contributed by atoms with Gasteiger partial charge in [-0.25, -0.2) is 5.43 Å². The summed E-state index contributed by atoms with van der Waals surface area (Å²) in [7, 11) is 0. The third-order valence-corrected chi connectivity index (χ3v) is 3.51. The van der Waals surface area contributed by atoms with Gasteiger partial charge in [-0.05, 0) is 30.7 Å². The smallest absolute Gasteiger partial charge is 0.130 e. The fourth-order valence-corrected chi connectivity index (χ4v) is 2.57. The molecule has 3 nitrogen and oxygen atoms in total. The van der Waals surface area contributed by atoms with Crippen molar-refractivity contribution >= 4 is 22.9 Å². The zero-order chi connectivity index (χ0) is 10.8. The van der Waals surface area contributed by atoms with Crippen LogP contribution in [-0.4, -0.2) is 0 Å². The Bertz CT molecular complexity index is 452. The van der Waals surface area contributed by atoms with Gasteiger partial charge in [-0.15, -0.1) is 11.3 Å². The summed E-state index contributed by atoms with van der Waals surface area (Å²) < 4.78 is 6.15. The average Bonchev–Trinajstić information content (AvgIpc) is 2.79. The minimum Gasteiger partial charge on any atom is -0.467 e. The first-order chi connectivity index (χ1) is 7.22. The quantitative estimate of drug-likeness (QED) is 0.643. The average molecular weight is 243 g/mol. The molecule has 3 N–H and O–H groups in total. The zero-order valence-corrected chi connectivity index (χ0v) is 9.73. The SMILES string of the molecule is Cc1ccoc1C(NN)c1ccc(Cl)s1. The molecule has 0 aliphatic carbocycles. The lowest BCUT2D eigenvalue weighted by Gasteiger charge is -2.12. The third-order valence-electron chi connectivity index (χ3n) is 2.21. The van der Waals surface area contributed by atoms with E-state index in [2.05, 4.69) is 5.43 Å². The number of hydrogen-bond donors (Lipinski definition) is 2. The lowest BCUT2D eigenvalue weighted by molar-refractivity contribution is 0.452. The first-order valence-corrected chi connectivity index (χ1v) is 5.67. The van der Waals surface area contributed by atoms with Crippen LogP contribution >= 0.6 is 22.9 Å². The maximum absolute atomic E-state index is 5.88. The van der Waals surface area contributed by atoms with Crippen LogP contribution in [0.3, 0.4) is 0 Å². The van der Waals surface area contributed by atoms with E-state index in [1.165, 1.54) is 11.3 Å². The van der Waals surface area contributed by atoms with Gasteiger partial charge >= 0.3 is 0 Å². The van der Waals surface area contributed by atoms with Crippen molar-refractivity contribution in [3.63, 3.8) is 0 Å². The van der Waals surface area contributed by atoms with Crippen LogP contribution in [0, 0.1) is 6.92 Å². The molecule has 0 bridgehead atoms. The van der Waals surface area contributed by atoms with E-state index >= 15 is 0 Å². The Morgan fingerprint density at radius 3 is 2.73 bits per heavy atom. The predicted molar refractivity (Wildman–Crippen MR) is 61.9 cm³/mol. The van der Waals surface area contributed by atoms with Crippen molar-refractivity contribution < 1.29 is 4.42 Å². The zero-order valence-electron chi connectivity index (χ0n) is 8.16. The van der Waals surface area contributed by atoms with Gasteiger partial charge in [-0.1, -0.05) is 11.6 Å². The molecule has 0 amide bonds. The topological polar surface area (TPSA) is 51.2 Å². The summed E-state index contributed by atoms with van der Waals surface area (Å²) in [6.07, 6.45) is 1.66. The van der Waals surface area contributed by atoms with Crippen molar-refractivity contribution in [2.24, 2.45) is 5.84 Å². The van der Waals surface area contributed by atoms with Gasteiger partial charge in [0.1, 0.15) is 11.8 Å². The molecule has 0 fully saturated rings. The third kappa shape index (κ3) is 2.08. The number of rotatable bonds is 3. The summed E-state index contributed by atoms with van der Waals surface area (Å²) >= 11 is 7.37. The Balaban J connectivity index is 2.36. The highest BCUT2D eigenvalue weighted by molar-refractivity contribution is 7.16. The van der Waals surface area contributed by atoms with Crippen LogP contribution in [0.2, 0.25) is 4.34 Å². The summed E-state index contributed by atoms with van der Waals surface area (Å²) in [4.78, 5) is 1.04. The fraction of sp³-hybridized carbons (Fsp3) is 0.200. The molecule has 5 heteroatoms. The summed E-state index contributed by atoms with van der Waals surface area (Å²) in [5.74, 6) is 6.36. The molecule has 0 aliphatic heterocycles. The number of halogens is 1. The number of thiophene rings is 1. The van der Waals surface area contributed by atoms with E-state index in [9.17, 15) is 0 Å². The minimum atomic E-state index is -0.127. The van der Waals surface area contributed by atoms with Gasteiger partial charge in [-0.3, -0.25) is 5.84 Å². The molecule has 0 radical (unpaired) electrons. The monoisotopic (exact) mass is 242 g/mol. The van der Waals surface area contributed by atoms with Crippen molar-refractivity contribution in [2.75, 3.05) is 0 Å². The van der Waals surface area contributed by atoms with Crippen LogP contribution in [0.15, 0.2) is 28.9 Å². The van der Waals surface area contributed by atoms with E-state index < -0.39 is 0 Å². The number of nitrogens with two attached hydrogens (primary N) is 1. The molecule has 2 aromatic rings. The van der Waals surface area contributed by atoms with Crippen LogP contribution < -0.4 is 11.3 Å². The Hall–Kier alpha value is -0.810. The van der Waals surface area contributed by atoms with Crippen LogP contribution in [0.5, 0.6) is 0 Å². The molecule has 2 aromatic heterocycles. The van der Waals surface area contributed by atoms with Gasteiger partial charge in [0.2, 0.25) is 0 Å². The second kappa shape index (κ2) is 4.37. The second-order valence-electron chi connectivity index (χ2n) is 3.21. The number of aryl methyl sites for hydroxylation is 1. The summed E-state index contributed by atoms with van der Waals surface area (Å²) in [5, 5.41) is 0. The molecule has 0 saturated carbocycles. The van der Waals surface area contributed by atoms with Crippen molar-refractivity contribution in [1.82, 2.24) is 5.43 Å². The second-order valence-corrected chi connectivity index (χ2v) is 4.96. The summed E-state index contributed by atoms with van der Waals surface area (Å²) in [6.45, 7) is 1.98. The van der Waals surface area contributed by atoms with E-state index in [4.69, 9.17) is 21.9 Å². The molecule has 0 spiro atoms. The maximum atomic E-state index is 5.88. The molecular weight excluding hydrogens is 232 g/mol. The van der Waals surface area contributed by atoms with Crippen molar-refractivity contribution in [2.45, 2.75) is 13.0 Å². The highest BCUT2D eigenvalue weighted by atomic mass is 35.5. The number of hydrogen-bond acceptors (Lipinski definition) is 4. The first-order valence-electron chi connectivity index (χ1n) is 4.47. The number of nitrogens with one attached hydrogen (secondary N) is 1. The van der Waals surface area contributed by atoms with Crippen molar-refractivity contribution in [3.8, 4) is 0 Å². The first kappa shape index (κ1) is 10.7. The van der Waals surface area contributed by atoms with Gasteiger partial charge in [0.25, 0.3) is 0 Å². The van der Waals surface area contributed by atoms with E-state index in [0.717, 1.165) is 20.5 Å². The number of hydrazine groups is 1. The molecule has 80 valence electrons. The lowest BCUT2D eigenvalue weighted by Crippen LogP contribution is -2.28. The lowest BCUT2D eigenvalue weighted by atomic mass is 10.1. The molecule has 2 heterocycles. The molecule has 2 rings (SSSR count). The standard InChI is InChI=1S/C10H11ClN2OS/c1-6-4-5-14-10(6)9(13-12)7-2-3-8(11)15-7/h2-5,9,13H,12H2,1H3. The van der Waals surface area contributed by atoms with Crippen LogP contribution in [0.1, 0.15) is 22.2 Å². The molecule has 0 saturated heterocycles. The largest absolute Gasteiger partial charge is 0.467 e. The van der Waals surface area contributed by atoms with Gasteiger partial charge < -0.3 is 4.42 Å². The highest BCUT2D eigenvalue weighted by Crippen LogP contribution is 2.32. The van der Waals surface area contributed by atoms with Gasteiger partial charge in [0.15, 0.2) is 0 Å². The van der Waals surface area contributed by atoms with E-state index in [0.29, 0.717) is 0 Å². The van der Waals surface area contributed by atoms with Gasteiger partial charge in [0.05, 0.1) is 10.6 Å². The van der Waals surface area contributed by atoms with Crippen LogP contribution in [0.4, 0.5) is 0 Å². The fourth-order valence-electron chi connectivity index (χ4n) is 1.45. The highest BCUT2D eigenvalue weighted by Gasteiger charge is 2.19. The summed E-state index contributed by atoms with van der Waals surface area (Å²) in [5.41, 5.74) is 3.80. The molecule has 15 heavy (non-hydrogen) atoms. The van der Waals surface area contributed by atoms with E-state index in [1.807, 2.05) is 25.1 Å². The normalized spacial score (nSPS) is 13.0. The summed E-state index contributed by atoms with van der Waals surface area (Å²) in [6, 6.07) is 5.58. The molecule has 0 aliphatic rings. The van der Waals surface area contributed by atoms with Crippen LogP contribution in [-0.2, 0) is 0 Å². The number of furan rings is 1. The Kier molecular flexibility index (Phi) is 3.11. The molecule has 1 atom stereocenters. The van der Waals surface area contributed by atoms with Crippen molar-refractivity contribution in [1.29, 1.82) is 0 Å². The van der Waals surface area contributed by atoms with Crippen molar-refractivity contribution in [3.05, 3.63) is 45.0 Å². The minimum absolute atomic E-state index is 0.127. The molecule has 0 aromatic carbocycles. The van der Waals surface area contributed by atoms with Gasteiger partial charge in [-0.2, -0.15) is 0 Å². The predicted octanol–water partition coefficient (Wildman–Crippen LogP) is 2.86.